The Hall–Kier alpha value is -1.15. The molecule has 0 aliphatic carbocycles. The van der Waals surface area contributed by atoms with Crippen LogP contribution in [0.5, 0.6) is 5.75 Å². The number of sulfonamides is 1. The van der Waals surface area contributed by atoms with Gasteiger partial charge in [-0.1, -0.05) is 13.8 Å². The molecule has 1 unspecified atom stereocenters. The molecule has 2 rings (SSSR count). The van der Waals surface area contributed by atoms with E-state index < -0.39 is 10.0 Å². The molecule has 0 bridgehead atoms. The Morgan fingerprint density at radius 3 is 2.50 bits per heavy atom. The van der Waals surface area contributed by atoms with Crippen LogP contribution in [0.3, 0.4) is 0 Å². The van der Waals surface area contributed by atoms with E-state index in [1.807, 2.05) is 6.92 Å². The normalized spacial score (nSPS) is 17.9. The van der Waals surface area contributed by atoms with Crippen LogP contribution in [0.1, 0.15) is 19.4 Å². The molecule has 24 heavy (non-hydrogen) atoms. The van der Waals surface area contributed by atoms with E-state index in [4.69, 9.17) is 9.47 Å². The van der Waals surface area contributed by atoms with E-state index in [9.17, 15) is 8.42 Å². The second kappa shape index (κ2) is 8.29. The van der Waals surface area contributed by atoms with Gasteiger partial charge >= 0.3 is 0 Å². The molecule has 0 aromatic heterocycles. The summed E-state index contributed by atoms with van der Waals surface area (Å²) in [6, 6.07) is 5.06. The summed E-state index contributed by atoms with van der Waals surface area (Å²) >= 11 is 0. The number of hydrogen-bond donors (Lipinski definition) is 1. The standard InChI is InChI=1S/C17H28N2O4S/c1-13(2)16(19-7-9-23-10-8-19)12-18-24(20,21)15-5-6-17(22-4)14(3)11-15/h5-6,11,13,16,18H,7-10,12H2,1-4H3. The number of nitrogens with one attached hydrogen (secondary N) is 1. The fraction of sp³-hybridized carbons (Fsp3) is 0.647. The fourth-order valence-corrected chi connectivity index (χ4v) is 4.13. The third-order valence-corrected chi connectivity index (χ3v) is 5.86. The Kier molecular flexibility index (Phi) is 6.62. The maximum Gasteiger partial charge on any atom is 0.240 e. The van der Waals surface area contributed by atoms with Crippen molar-refractivity contribution in [2.24, 2.45) is 5.92 Å². The number of ether oxygens (including phenoxy) is 2. The summed E-state index contributed by atoms with van der Waals surface area (Å²) in [6.07, 6.45) is 0. The molecule has 1 saturated heterocycles. The average Bonchev–Trinajstić information content (AvgIpc) is 2.55. The molecular weight excluding hydrogens is 328 g/mol. The molecule has 0 spiro atoms. The van der Waals surface area contributed by atoms with Crippen molar-refractivity contribution in [2.75, 3.05) is 40.0 Å². The van der Waals surface area contributed by atoms with E-state index in [1.54, 1.807) is 25.3 Å². The summed E-state index contributed by atoms with van der Waals surface area (Å²) in [7, 11) is -1.96. The van der Waals surface area contributed by atoms with Gasteiger partial charge in [-0.25, -0.2) is 13.1 Å². The summed E-state index contributed by atoms with van der Waals surface area (Å²) in [5.74, 6) is 1.03. The predicted molar refractivity (Wildman–Crippen MR) is 93.9 cm³/mol. The Balaban J connectivity index is 2.08. The molecule has 1 aliphatic rings. The second-order valence-corrected chi connectivity index (χ2v) is 8.21. The SMILES string of the molecule is COc1ccc(S(=O)(=O)NCC(C(C)C)N2CCOCC2)cc1C. The Labute approximate surface area is 145 Å². The molecule has 0 amide bonds. The number of hydrogen-bond acceptors (Lipinski definition) is 5. The largest absolute Gasteiger partial charge is 0.496 e. The van der Waals surface area contributed by atoms with Crippen LogP contribution in [0.2, 0.25) is 0 Å². The summed E-state index contributed by atoms with van der Waals surface area (Å²) in [5.41, 5.74) is 0.800. The van der Waals surface area contributed by atoms with Gasteiger partial charge in [-0.2, -0.15) is 0 Å². The van der Waals surface area contributed by atoms with E-state index in [2.05, 4.69) is 23.5 Å². The van der Waals surface area contributed by atoms with Gasteiger partial charge in [0, 0.05) is 25.7 Å². The minimum atomic E-state index is -3.54. The highest BCUT2D eigenvalue weighted by atomic mass is 32.2. The summed E-state index contributed by atoms with van der Waals surface area (Å²) in [5, 5.41) is 0. The Bertz CT molecular complexity index is 640. The maximum atomic E-state index is 12.6. The van der Waals surface area contributed by atoms with Crippen molar-refractivity contribution in [1.82, 2.24) is 9.62 Å². The maximum absolute atomic E-state index is 12.6. The van der Waals surface area contributed by atoms with Gasteiger partial charge in [0.1, 0.15) is 5.75 Å². The summed E-state index contributed by atoms with van der Waals surface area (Å²) < 4.78 is 38.5. The third-order valence-electron chi connectivity index (χ3n) is 4.44. The minimum absolute atomic E-state index is 0.156. The van der Waals surface area contributed by atoms with Crippen molar-refractivity contribution in [3.63, 3.8) is 0 Å². The van der Waals surface area contributed by atoms with Gasteiger partial charge in [-0.05, 0) is 36.6 Å². The van der Waals surface area contributed by atoms with Crippen LogP contribution >= 0.6 is 0 Å². The lowest BCUT2D eigenvalue weighted by Gasteiger charge is -2.36. The highest BCUT2D eigenvalue weighted by Gasteiger charge is 2.26. The molecule has 0 radical (unpaired) electrons. The molecular formula is C17H28N2O4S. The molecule has 1 aromatic carbocycles. The van der Waals surface area contributed by atoms with Crippen molar-refractivity contribution in [3.8, 4) is 5.75 Å². The first-order valence-electron chi connectivity index (χ1n) is 8.31. The van der Waals surface area contributed by atoms with Crippen LogP contribution in [0.25, 0.3) is 0 Å². The Morgan fingerprint density at radius 1 is 1.29 bits per heavy atom. The molecule has 136 valence electrons. The zero-order chi connectivity index (χ0) is 17.7. The lowest BCUT2D eigenvalue weighted by atomic mass is 10.0. The van der Waals surface area contributed by atoms with Gasteiger partial charge in [-0.15, -0.1) is 0 Å². The first-order valence-corrected chi connectivity index (χ1v) is 9.79. The van der Waals surface area contributed by atoms with Crippen molar-refractivity contribution in [3.05, 3.63) is 23.8 Å². The average molecular weight is 356 g/mol. The number of morpholine rings is 1. The topological polar surface area (TPSA) is 67.9 Å². The molecule has 6 nitrogen and oxygen atoms in total. The highest BCUT2D eigenvalue weighted by Crippen LogP contribution is 2.21. The van der Waals surface area contributed by atoms with E-state index >= 15 is 0 Å². The van der Waals surface area contributed by atoms with Crippen molar-refractivity contribution >= 4 is 10.0 Å². The predicted octanol–water partition coefficient (Wildman–Crippen LogP) is 1.64. The van der Waals surface area contributed by atoms with Gasteiger partial charge in [-0.3, -0.25) is 4.90 Å². The molecule has 1 N–H and O–H groups in total. The second-order valence-electron chi connectivity index (χ2n) is 6.44. The fourth-order valence-electron chi connectivity index (χ4n) is 2.99. The van der Waals surface area contributed by atoms with Crippen LogP contribution in [0, 0.1) is 12.8 Å². The zero-order valence-corrected chi connectivity index (χ0v) is 15.7. The van der Waals surface area contributed by atoms with Gasteiger partial charge in [0.25, 0.3) is 0 Å². The number of aryl methyl sites for hydroxylation is 1. The van der Waals surface area contributed by atoms with E-state index in [1.165, 1.54) is 0 Å². The van der Waals surface area contributed by atoms with Gasteiger partial charge in [0.15, 0.2) is 0 Å². The molecule has 1 aromatic rings. The summed E-state index contributed by atoms with van der Waals surface area (Å²) in [6.45, 7) is 9.55. The molecule has 1 aliphatic heterocycles. The van der Waals surface area contributed by atoms with E-state index in [0.717, 1.165) is 18.7 Å². The highest BCUT2D eigenvalue weighted by molar-refractivity contribution is 7.89. The van der Waals surface area contributed by atoms with Crippen LogP contribution < -0.4 is 9.46 Å². The molecule has 1 fully saturated rings. The summed E-state index contributed by atoms with van der Waals surface area (Å²) in [4.78, 5) is 2.57. The molecule has 1 heterocycles. The smallest absolute Gasteiger partial charge is 0.240 e. The first-order chi connectivity index (χ1) is 11.3. The number of benzene rings is 1. The Morgan fingerprint density at radius 2 is 1.96 bits per heavy atom. The van der Waals surface area contributed by atoms with Crippen LogP contribution in [0.4, 0.5) is 0 Å². The number of nitrogens with zero attached hydrogens (tertiary/aromatic N) is 1. The van der Waals surface area contributed by atoms with Gasteiger partial charge in [0.2, 0.25) is 10.0 Å². The number of rotatable bonds is 7. The lowest BCUT2D eigenvalue weighted by molar-refractivity contribution is 0.00776. The molecule has 0 saturated carbocycles. The zero-order valence-electron chi connectivity index (χ0n) is 14.9. The lowest BCUT2D eigenvalue weighted by Crippen LogP contribution is -2.51. The minimum Gasteiger partial charge on any atom is -0.496 e. The van der Waals surface area contributed by atoms with Crippen molar-refractivity contribution in [2.45, 2.75) is 31.7 Å². The van der Waals surface area contributed by atoms with Crippen LogP contribution in [-0.4, -0.2) is 59.3 Å². The van der Waals surface area contributed by atoms with Gasteiger partial charge in [0.05, 0.1) is 25.2 Å². The molecule has 1 atom stereocenters. The van der Waals surface area contributed by atoms with E-state index in [-0.39, 0.29) is 10.9 Å². The van der Waals surface area contributed by atoms with E-state index in [0.29, 0.717) is 31.4 Å². The van der Waals surface area contributed by atoms with Gasteiger partial charge < -0.3 is 9.47 Å². The molecule has 7 heteroatoms. The van der Waals surface area contributed by atoms with Crippen molar-refractivity contribution in [1.29, 1.82) is 0 Å². The van der Waals surface area contributed by atoms with Crippen molar-refractivity contribution < 1.29 is 17.9 Å². The third kappa shape index (κ3) is 4.69. The van der Waals surface area contributed by atoms with Crippen LogP contribution in [-0.2, 0) is 14.8 Å². The first kappa shape index (κ1) is 19.2. The monoisotopic (exact) mass is 356 g/mol. The number of methoxy groups -OCH3 is 1. The quantitative estimate of drug-likeness (QED) is 0.804. The van der Waals surface area contributed by atoms with Crippen LogP contribution in [0.15, 0.2) is 23.1 Å².